The van der Waals surface area contributed by atoms with Crippen molar-refractivity contribution in [3.8, 4) is 11.6 Å². The van der Waals surface area contributed by atoms with Gasteiger partial charge in [-0.2, -0.15) is 4.98 Å². The molecule has 0 amide bonds. The van der Waals surface area contributed by atoms with E-state index in [2.05, 4.69) is 9.97 Å². The average molecular weight is 512 g/mol. The molecule has 1 aromatic heterocycles. The second kappa shape index (κ2) is 10.8. The molecule has 0 unspecified atom stereocenters. The summed E-state index contributed by atoms with van der Waals surface area (Å²) in [6, 6.07) is 15.1. The van der Waals surface area contributed by atoms with Gasteiger partial charge in [0.1, 0.15) is 21.9 Å². The first-order valence-corrected chi connectivity index (χ1v) is 13.3. The van der Waals surface area contributed by atoms with Crippen LogP contribution < -0.4 is 9.64 Å². The molecule has 2 aromatic carbocycles. The van der Waals surface area contributed by atoms with Gasteiger partial charge < -0.3 is 9.64 Å². The van der Waals surface area contributed by atoms with Crippen LogP contribution in [-0.2, 0) is 9.84 Å². The summed E-state index contributed by atoms with van der Waals surface area (Å²) in [4.78, 5) is 35.9. The van der Waals surface area contributed by atoms with Crippen LogP contribution in [0.15, 0.2) is 60.9 Å². The predicted octanol–water partition coefficient (Wildman–Crippen LogP) is 2.57. The van der Waals surface area contributed by atoms with E-state index in [9.17, 15) is 23.3 Å². The van der Waals surface area contributed by atoms with Crippen LogP contribution in [0.3, 0.4) is 0 Å². The topological polar surface area (TPSA) is 136 Å². The van der Waals surface area contributed by atoms with Crippen molar-refractivity contribution in [3.05, 3.63) is 82.2 Å². The van der Waals surface area contributed by atoms with Gasteiger partial charge in [0.25, 0.3) is 0 Å². The number of rotatable bonds is 9. The lowest BCUT2D eigenvalue weighted by atomic mass is 10.0. The van der Waals surface area contributed by atoms with Crippen LogP contribution in [0.2, 0.25) is 0 Å². The van der Waals surface area contributed by atoms with Crippen LogP contribution in [0.5, 0.6) is 11.6 Å². The summed E-state index contributed by atoms with van der Waals surface area (Å²) in [6.07, 6.45) is 2.41. The first-order chi connectivity index (χ1) is 17.2. The van der Waals surface area contributed by atoms with Crippen LogP contribution in [-0.4, -0.2) is 78.7 Å². The molecule has 0 aliphatic carbocycles. The standard InChI is InChI=1S/C24H25N5O6S/c1-36(33,34)16-15-27-11-13-28(14-12-27)23-21(29(31)32)24(26-17-25-23)35-20-9-7-19(8-10-20)22(30)18-5-3-2-4-6-18/h2-10,17H,11-16H2,1H3. The maximum absolute atomic E-state index is 12.6. The number of nitro groups is 1. The second-order valence-corrected chi connectivity index (χ2v) is 10.6. The van der Waals surface area contributed by atoms with Gasteiger partial charge in [-0.15, -0.1) is 0 Å². The molecule has 0 bridgehead atoms. The third-order valence-corrected chi connectivity index (χ3v) is 6.69. The summed E-state index contributed by atoms with van der Waals surface area (Å²) < 4.78 is 28.6. The average Bonchev–Trinajstić information content (AvgIpc) is 2.87. The lowest BCUT2D eigenvalue weighted by Gasteiger charge is -2.34. The summed E-state index contributed by atoms with van der Waals surface area (Å²) in [7, 11) is -3.06. The Morgan fingerprint density at radius 2 is 1.64 bits per heavy atom. The maximum Gasteiger partial charge on any atom is 0.373 e. The van der Waals surface area contributed by atoms with Gasteiger partial charge in [-0.25, -0.2) is 13.4 Å². The van der Waals surface area contributed by atoms with Gasteiger partial charge in [0.2, 0.25) is 5.82 Å². The number of piperazine rings is 1. The molecule has 1 aliphatic rings. The molecule has 1 fully saturated rings. The van der Waals surface area contributed by atoms with E-state index < -0.39 is 14.8 Å². The highest BCUT2D eigenvalue weighted by Gasteiger charge is 2.30. The van der Waals surface area contributed by atoms with E-state index in [0.29, 0.717) is 43.9 Å². The van der Waals surface area contributed by atoms with Crippen molar-refractivity contribution in [3.63, 3.8) is 0 Å². The molecule has 0 radical (unpaired) electrons. The van der Waals surface area contributed by atoms with E-state index in [-0.39, 0.29) is 34.7 Å². The minimum absolute atomic E-state index is 0.0639. The van der Waals surface area contributed by atoms with Gasteiger partial charge in [0, 0.05) is 50.1 Å². The van der Waals surface area contributed by atoms with Crippen LogP contribution in [0.1, 0.15) is 15.9 Å². The van der Waals surface area contributed by atoms with Crippen molar-refractivity contribution < 1.29 is 22.9 Å². The molecule has 188 valence electrons. The zero-order valence-electron chi connectivity index (χ0n) is 19.6. The predicted molar refractivity (Wildman–Crippen MR) is 133 cm³/mol. The Hall–Kier alpha value is -3.90. The van der Waals surface area contributed by atoms with E-state index in [1.165, 1.54) is 12.6 Å². The van der Waals surface area contributed by atoms with Crippen molar-refractivity contribution in [1.82, 2.24) is 14.9 Å². The number of benzene rings is 2. The molecule has 2 heterocycles. The monoisotopic (exact) mass is 511 g/mol. The third-order valence-electron chi connectivity index (χ3n) is 5.77. The number of anilines is 1. The van der Waals surface area contributed by atoms with Crippen LogP contribution in [0.4, 0.5) is 11.5 Å². The molecule has 3 aromatic rings. The fraction of sp³-hybridized carbons (Fsp3) is 0.292. The van der Waals surface area contributed by atoms with E-state index in [0.717, 1.165) is 0 Å². The van der Waals surface area contributed by atoms with Crippen LogP contribution in [0, 0.1) is 10.1 Å². The Morgan fingerprint density at radius 3 is 2.25 bits per heavy atom. The molecule has 11 nitrogen and oxygen atoms in total. The van der Waals surface area contributed by atoms with Gasteiger partial charge in [-0.3, -0.25) is 19.8 Å². The number of sulfone groups is 1. The van der Waals surface area contributed by atoms with Crippen molar-refractivity contribution in [2.45, 2.75) is 0 Å². The van der Waals surface area contributed by atoms with Gasteiger partial charge in [0.05, 0.1) is 10.7 Å². The van der Waals surface area contributed by atoms with Gasteiger partial charge in [0.15, 0.2) is 5.78 Å². The number of nitrogens with zero attached hydrogens (tertiary/aromatic N) is 5. The van der Waals surface area contributed by atoms with Gasteiger partial charge in [-0.05, 0) is 24.3 Å². The highest BCUT2D eigenvalue weighted by molar-refractivity contribution is 7.90. The zero-order chi connectivity index (χ0) is 25.7. The summed E-state index contributed by atoms with van der Waals surface area (Å²) in [5.74, 6) is 0.148. The van der Waals surface area contributed by atoms with Gasteiger partial charge in [-0.1, -0.05) is 30.3 Å². The molecule has 1 aliphatic heterocycles. The minimum Gasteiger partial charge on any atom is -0.434 e. The molecule has 1 saturated heterocycles. The van der Waals surface area contributed by atoms with E-state index in [4.69, 9.17) is 4.74 Å². The largest absolute Gasteiger partial charge is 0.434 e. The molecule has 0 N–H and O–H groups in total. The van der Waals surface area contributed by atoms with Crippen molar-refractivity contribution in [2.75, 3.05) is 49.6 Å². The van der Waals surface area contributed by atoms with E-state index >= 15 is 0 Å². The van der Waals surface area contributed by atoms with Crippen LogP contribution >= 0.6 is 0 Å². The number of carbonyl (C=O) groups excluding carboxylic acids is 1. The first kappa shape index (κ1) is 25.2. The molecule has 0 atom stereocenters. The highest BCUT2D eigenvalue weighted by Crippen LogP contribution is 2.36. The Labute approximate surface area is 208 Å². The van der Waals surface area contributed by atoms with Crippen molar-refractivity contribution in [2.24, 2.45) is 0 Å². The summed E-state index contributed by atoms with van der Waals surface area (Å²) >= 11 is 0. The summed E-state index contributed by atoms with van der Waals surface area (Å²) in [5.41, 5.74) is 0.658. The van der Waals surface area contributed by atoms with E-state index in [1.54, 1.807) is 53.4 Å². The zero-order valence-corrected chi connectivity index (χ0v) is 20.4. The number of hydrogen-bond acceptors (Lipinski definition) is 10. The highest BCUT2D eigenvalue weighted by atomic mass is 32.2. The Bertz CT molecular complexity index is 1340. The molecule has 36 heavy (non-hydrogen) atoms. The molecular weight excluding hydrogens is 486 g/mol. The number of aromatic nitrogens is 2. The molecule has 0 saturated carbocycles. The van der Waals surface area contributed by atoms with Crippen LogP contribution in [0.25, 0.3) is 0 Å². The molecular formula is C24H25N5O6S. The molecule has 0 spiro atoms. The third kappa shape index (κ3) is 6.20. The number of hydrogen-bond donors (Lipinski definition) is 0. The lowest BCUT2D eigenvalue weighted by molar-refractivity contribution is -0.385. The maximum atomic E-state index is 12.6. The number of carbonyl (C=O) groups is 1. The number of ether oxygens (including phenoxy) is 1. The van der Waals surface area contributed by atoms with Crippen molar-refractivity contribution >= 4 is 27.1 Å². The minimum atomic E-state index is -3.06. The van der Waals surface area contributed by atoms with Crippen molar-refractivity contribution in [1.29, 1.82) is 0 Å². The fourth-order valence-electron chi connectivity index (χ4n) is 3.84. The molecule has 4 rings (SSSR count). The fourth-order valence-corrected chi connectivity index (χ4v) is 4.43. The number of ketones is 1. The Balaban J connectivity index is 1.48. The Morgan fingerprint density at radius 1 is 1.00 bits per heavy atom. The summed E-state index contributed by atoms with van der Waals surface area (Å²) in [6.45, 7) is 2.39. The van der Waals surface area contributed by atoms with E-state index in [1.807, 2.05) is 11.0 Å². The Kier molecular flexibility index (Phi) is 7.55. The molecule has 12 heteroatoms. The second-order valence-electron chi connectivity index (χ2n) is 8.39. The van der Waals surface area contributed by atoms with Gasteiger partial charge >= 0.3 is 11.6 Å². The quantitative estimate of drug-likeness (QED) is 0.239. The lowest BCUT2D eigenvalue weighted by Crippen LogP contribution is -2.48. The SMILES string of the molecule is CS(=O)(=O)CCN1CCN(c2ncnc(Oc3ccc(C(=O)c4ccccc4)cc3)c2[N+](=O)[O-])CC1. The summed E-state index contributed by atoms with van der Waals surface area (Å²) in [5, 5.41) is 12.0. The normalized spacial score (nSPS) is 14.4. The first-order valence-electron chi connectivity index (χ1n) is 11.2. The smallest absolute Gasteiger partial charge is 0.373 e.